The molecule has 0 aromatic rings. The standard InChI is InChI=1S/C12H21N3O4/c1-4-7(2)8(3)14-12(19)15-6-10(16)13-5-9(15)11(17)18/h7-9H,4-6H2,1-3H3,(H,13,16)(H,14,19)(H,17,18). The highest BCUT2D eigenvalue weighted by Gasteiger charge is 2.35. The minimum atomic E-state index is -1.12. The van der Waals surface area contributed by atoms with Crippen molar-refractivity contribution in [2.75, 3.05) is 13.1 Å². The number of carboxylic acid groups (broad SMARTS) is 1. The largest absolute Gasteiger partial charge is 0.480 e. The fraction of sp³-hybridized carbons (Fsp3) is 0.750. The first kappa shape index (κ1) is 15.3. The van der Waals surface area contributed by atoms with Gasteiger partial charge in [-0.25, -0.2) is 9.59 Å². The molecule has 0 saturated carbocycles. The Morgan fingerprint density at radius 3 is 2.68 bits per heavy atom. The second kappa shape index (κ2) is 6.40. The van der Waals surface area contributed by atoms with Gasteiger partial charge in [-0.2, -0.15) is 0 Å². The SMILES string of the molecule is CCC(C)C(C)NC(=O)N1CC(=O)NCC1C(=O)O. The van der Waals surface area contributed by atoms with Gasteiger partial charge in [-0.3, -0.25) is 9.69 Å². The number of nitrogens with one attached hydrogen (secondary N) is 2. The van der Waals surface area contributed by atoms with E-state index in [0.29, 0.717) is 0 Å². The van der Waals surface area contributed by atoms with Gasteiger partial charge in [0.1, 0.15) is 12.6 Å². The third kappa shape index (κ3) is 3.84. The van der Waals surface area contributed by atoms with Gasteiger partial charge in [0.15, 0.2) is 0 Å². The summed E-state index contributed by atoms with van der Waals surface area (Å²) in [6, 6.07) is -1.59. The van der Waals surface area contributed by atoms with Gasteiger partial charge < -0.3 is 15.7 Å². The summed E-state index contributed by atoms with van der Waals surface area (Å²) in [5, 5.41) is 14.3. The van der Waals surface area contributed by atoms with Crippen LogP contribution in [0.4, 0.5) is 4.79 Å². The van der Waals surface area contributed by atoms with Crippen molar-refractivity contribution in [2.45, 2.75) is 39.3 Å². The fourth-order valence-corrected chi connectivity index (χ4v) is 1.85. The molecule has 1 saturated heterocycles. The first-order valence-corrected chi connectivity index (χ1v) is 6.43. The lowest BCUT2D eigenvalue weighted by Gasteiger charge is -2.34. The van der Waals surface area contributed by atoms with E-state index in [1.54, 1.807) is 0 Å². The van der Waals surface area contributed by atoms with Gasteiger partial charge in [-0.05, 0) is 12.8 Å². The molecule has 1 heterocycles. The summed E-state index contributed by atoms with van der Waals surface area (Å²) in [5.74, 6) is -1.18. The van der Waals surface area contributed by atoms with Crippen molar-refractivity contribution in [3.8, 4) is 0 Å². The van der Waals surface area contributed by atoms with Gasteiger partial charge in [0, 0.05) is 12.6 Å². The third-order valence-electron chi connectivity index (χ3n) is 3.58. The van der Waals surface area contributed by atoms with Crippen molar-refractivity contribution in [3.05, 3.63) is 0 Å². The summed E-state index contributed by atoms with van der Waals surface area (Å²) in [4.78, 5) is 35.5. The Balaban J connectivity index is 2.71. The average Bonchev–Trinajstić information content (AvgIpc) is 2.36. The van der Waals surface area contributed by atoms with Crippen LogP contribution < -0.4 is 10.6 Å². The number of carbonyl (C=O) groups excluding carboxylic acids is 2. The molecule has 0 aliphatic carbocycles. The molecule has 0 bridgehead atoms. The molecule has 108 valence electrons. The van der Waals surface area contributed by atoms with Crippen LogP contribution in [-0.2, 0) is 9.59 Å². The quantitative estimate of drug-likeness (QED) is 0.671. The number of aliphatic carboxylic acids is 1. The molecular formula is C12H21N3O4. The molecule has 7 heteroatoms. The zero-order valence-electron chi connectivity index (χ0n) is 11.5. The van der Waals surface area contributed by atoms with E-state index in [4.69, 9.17) is 5.11 Å². The van der Waals surface area contributed by atoms with Crippen LogP contribution in [0.5, 0.6) is 0 Å². The highest BCUT2D eigenvalue weighted by molar-refractivity contribution is 5.90. The van der Waals surface area contributed by atoms with E-state index < -0.39 is 18.0 Å². The third-order valence-corrected chi connectivity index (χ3v) is 3.58. The van der Waals surface area contributed by atoms with Crippen LogP contribution in [0, 0.1) is 5.92 Å². The molecule has 19 heavy (non-hydrogen) atoms. The lowest BCUT2D eigenvalue weighted by molar-refractivity contribution is -0.144. The number of carbonyl (C=O) groups is 3. The maximum absolute atomic E-state index is 12.1. The Labute approximate surface area is 112 Å². The predicted octanol–water partition coefficient (Wildman–Crippen LogP) is 0.0156. The number of hydrogen-bond acceptors (Lipinski definition) is 3. The van der Waals surface area contributed by atoms with E-state index in [9.17, 15) is 14.4 Å². The molecule has 3 N–H and O–H groups in total. The fourth-order valence-electron chi connectivity index (χ4n) is 1.85. The number of rotatable bonds is 4. The van der Waals surface area contributed by atoms with Gasteiger partial charge in [0.2, 0.25) is 5.91 Å². The molecule has 0 radical (unpaired) electrons. The van der Waals surface area contributed by atoms with Gasteiger partial charge in [0.25, 0.3) is 0 Å². The van der Waals surface area contributed by atoms with Gasteiger partial charge >= 0.3 is 12.0 Å². The molecule has 0 aromatic carbocycles. The van der Waals surface area contributed by atoms with E-state index in [1.165, 1.54) is 0 Å². The maximum Gasteiger partial charge on any atom is 0.328 e. The summed E-state index contributed by atoms with van der Waals surface area (Å²) < 4.78 is 0. The van der Waals surface area contributed by atoms with Crippen molar-refractivity contribution in [3.63, 3.8) is 0 Å². The molecule has 1 aliphatic heterocycles. The summed E-state index contributed by atoms with van der Waals surface area (Å²) in [6.45, 7) is 5.60. The maximum atomic E-state index is 12.1. The predicted molar refractivity (Wildman–Crippen MR) is 68.6 cm³/mol. The Morgan fingerprint density at radius 1 is 1.53 bits per heavy atom. The number of amides is 3. The van der Waals surface area contributed by atoms with Gasteiger partial charge in [-0.1, -0.05) is 20.3 Å². The topological polar surface area (TPSA) is 98.7 Å². The molecule has 3 unspecified atom stereocenters. The zero-order valence-corrected chi connectivity index (χ0v) is 11.5. The van der Waals surface area contributed by atoms with Gasteiger partial charge in [0.05, 0.1) is 0 Å². The van der Waals surface area contributed by atoms with E-state index in [0.717, 1.165) is 11.3 Å². The second-order valence-electron chi connectivity index (χ2n) is 4.91. The van der Waals surface area contributed by atoms with Crippen LogP contribution in [0.3, 0.4) is 0 Å². The van der Waals surface area contributed by atoms with Crippen molar-refractivity contribution in [1.29, 1.82) is 0 Å². The number of hydrogen-bond donors (Lipinski definition) is 3. The molecule has 0 spiro atoms. The molecule has 1 aliphatic rings. The first-order valence-electron chi connectivity index (χ1n) is 6.43. The van der Waals surface area contributed by atoms with Crippen LogP contribution in [0.2, 0.25) is 0 Å². The molecule has 1 fully saturated rings. The van der Waals surface area contributed by atoms with Crippen LogP contribution in [0.1, 0.15) is 27.2 Å². The van der Waals surface area contributed by atoms with Gasteiger partial charge in [-0.15, -0.1) is 0 Å². The molecule has 3 atom stereocenters. The molecular weight excluding hydrogens is 250 g/mol. The van der Waals surface area contributed by atoms with E-state index in [2.05, 4.69) is 10.6 Å². The lowest BCUT2D eigenvalue weighted by atomic mass is 10.0. The van der Waals surface area contributed by atoms with Crippen LogP contribution >= 0.6 is 0 Å². The van der Waals surface area contributed by atoms with E-state index >= 15 is 0 Å². The molecule has 7 nitrogen and oxygen atoms in total. The Hall–Kier alpha value is -1.79. The Kier molecular flexibility index (Phi) is 5.14. The summed E-state index contributed by atoms with van der Waals surface area (Å²) in [6.07, 6.45) is 0.907. The number of nitrogens with zero attached hydrogens (tertiary/aromatic N) is 1. The van der Waals surface area contributed by atoms with E-state index in [-0.39, 0.29) is 31.0 Å². The number of carboxylic acids is 1. The highest BCUT2D eigenvalue weighted by atomic mass is 16.4. The first-order chi connectivity index (χ1) is 8.86. The minimum absolute atomic E-state index is 0.0563. The molecule has 0 aromatic heterocycles. The number of urea groups is 1. The second-order valence-corrected chi connectivity index (χ2v) is 4.91. The average molecular weight is 271 g/mol. The smallest absolute Gasteiger partial charge is 0.328 e. The van der Waals surface area contributed by atoms with Crippen molar-refractivity contribution < 1.29 is 19.5 Å². The van der Waals surface area contributed by atoms with Crippen molar-refractivity contribution in [1.82, 2.24) is 15.5 Å². The number of piperazine rings is 1. The summed E-state index contributed by atoms with van der Waals surface area (Å²) >= 11 is 0. The van der Waals surface area contributed by atoms with Crippen molar-refractivity contribution in [2.24, 2.45) is 5.92 Å². The Bertz CT molecular complexity index is 372. The van der Waals surface area contributed by atoms with Crippen LogP contribution in [0.15, 0.2) is 0 Å². The highest BCUT2D eigenvalue weighted by Crippen LogP contribution is 2.09. The lowest BCUT2D eigenvalue weighted by Crippen LogP contribution is -2.62. The molecule has 1 rings (SSSR count). The zero-order chi connectivity index (χ0) is 14.6. The van der Waals surface area contributed by atoms with E-state index in [1.807, 2.05) is 20.8 Å². The minimum Gasteiger partial charge on any atom is -0.480 e. The monoisotopic (exact) mass is 271 g/mol. The molecule has 3 amide bonds. The van der Waals surface area contributed by atoms with Crippen LogP contribution in [-0.4, -0.2) is 53.1 Å². The summed E-state index contributed by atoms with van der Waals surface area (Å²) in [7, 11) is 0. The Morgan fingerprint density at radius 2 is 2.16 bits per heavy atom. The summed E-state index contributed by atoms with van der Waals surface area (Å²) in [5.41, 5.74) is 0. The van der Waals surface area contributed by atoms with Crippen LogP contribution in [0.25, 0.3) is 0 Å². The van der Waals surface area contributed by atoms with Crippen molar-refractivity contribution >= 4 is 17.9 Å². The normalized spacial score (nSPS) is 22.4.